The van der Waals surface area contributed by atoms with Gasteiger partial charge < -0.3 is 5.32 Å². The summed E-state index contributed by atoms with van der Waals surface area (Å²) in [6, 6.07) is 4.03. The lowest BCUT2D eigenvalue weighted by atomic mass is 10.2. The van der Waals surface area contributed by atoms with Crippen molar-refractivity contribution in [3.63, 3.8) is 0 Å². The first kappa shape index (κ1) is 14.2. The molecule has 1 heterocycles. The third kappa shape index (κ3) is 3.02. The van der Waals surface area contributed by atoms with Crippen LogP contribution in [0.15, 0.2) is 35.1 Å². The normalized spacial score (nSPS) is 10.3. The van der Waals surface area contributed by atoms with Crippen LogP contribution in [0.2, 0.25) is 0 Å². The third-order valence-electron chi connectivity index (χ3n) is 2.62. The molecule has 2 rings (SSSR count). The standard InChI is InChI=1S/C12H11BrN4O3/c1-2-16-7-8(6-14-16)15-12(18)10-5-9(17(19)20)3-4-11(10)13/h3-7H,2H2,1H3,(H,15,18). The van der Waals surface area contributed by atoms with Gasteiger partial charge in [-0.25, -0.2) is 0 Å². The molecule has 2 aromatic rings. The Bertz CT molecular complexity index is 668. The number of nitro groups is 1. The highest BCUT2D eigenvalue weighted by atomic mass is 79.9. The number of halogens is 1. The number of non-ortho nitro benzene ring substituents is 1. The van der Waals surface area contributed by atoms with Crippen LogP contribution in [0.1, 0.15) is 17.3 Å². The van der Waals surface area contributed by atoms with Crippen molar-refractivity contribution in [2.75, 3.05) is 5.32 Å². The zero-order valence-corrected chi connectivity index (χ0v) is 12.1. The highest BCUT2D eigenvalue weighted by Gasteiger charge is 2.16. The number of nitrogens with one attached hydrogen (secondary N) is 1. The molecule has 0 atom stereocenters. The van der Waals surface area contributed by atoms with E-state index in [2.05, 4.69) is 26.3 Å². The first-order chi connectivity index (χ1) is 9.51. The van der Waals surface area contributed by atoms with E-state index in [0.717, 1.165) is 0 Å². The monoisotopic (exact) mass is 338 g/mol. The van der Waals surface area contributed by atoms with Gasteiger partial charge >= 0.3 is 0 Å². The van der Waals surface area contributed by atoms with Crippen molar-refractivity contribution in [3.8, 4) is 0 Å². The van der Waals surface area contributed by atoms with Gasteiger partial charge in [0.05, 0.1) is 22.4 Å². The van der Waals surface area contributed by atoms with Crippen LogP contribution in [0.4, 0.5) is 11.4 Å². The minimum Gasteiger partial charge on any atom is -0.319 e. The summed E-state index contributed by atoms with van der Waals surface area (Å²) in [6.07, 6.45) is 3.20. The smallest absolute Gasteiger partial charge is 0.270 e. The van der Waals surface area contributed by atoms with Crippen molar-refractivity contribution in [1.82, 2.24) is 9.78 Å². The van der Waals surface area contributed by atoms with Crippen LogP contribution in [0.3, 0.4) is 0 Å². The molecule has 1 aromatic carbocycles. The zero-order valence-electron chi connectivity index (χ0n) is 10.5. The minimum absolute atomic E-state index is 0.136. The molecule has 1 amide bonds. The van der Waals surface area contributed by atoms with Gasteiger partial charge in [0, 0.05) is 29.3 Å². The van der Waals surface area contributed by atoms with Gasteiger partial charge in [0.15, 0.2) is 0 Å². The van der Waals surface area contributed by atoms with Crippen LogP contribution in [0.5, 0.6) is 0 Å². The van der Waals surface area contributed by atoms with Gasteiger partial charge in [-0.15, -0.1) is 0 Å². The number of aromatic nitrogens is 2. The van der Waals surface area contributed by atoms with Crippen molar-refractivity contribution < 1.29 is 9.72 Å². The van der Waals surface area contributed by atoms with Gasteiger partial charge in [0.2, 0.25) is 0 Å². The van der Waals surface area contributed by atoms with Crippen molar-refractivity contribution in [3.05, 3.63) is 50.7 Å². The van der Waals surface area contributed by atoms with Crippen LogP contribution < -0.4 is 5.32 Å². The molecule has 0 unspecified atom stereocenters. The molecule has 0 fully saturated rings. The van der Waals surface area contributed by atoms with Gasteiger partial charge in [0.1, 0.15) is 0 Å². The molecule has 0 aliphatic carbocycles. The molecule has 7 nitrogen and oxygen atoms in total. The Balaban J connectivity index is 2.24. The van der Waals surface area contributed by atoms with E-state index in [1.54, 1.807) is 10.9 Å². The number of carbonyl (C=O) groups is 1. The van der Waals surface area contributed by atoms with Crippen molar-refractivity contribution in [2.45, 2.75) is 13.5 Å². The molecule has 0 radical (unpaired) electrons. The van der Waals surface area contributed by atoms with E-state index in [1.165, 1.54) is 24.4 Å². The summed E-state index contributed by atoms with van der Waals surface area (Å²) >= 11 is 3.21. The Hall–Kier alpha value is -2.22. The summed E-state index contributed by atoms with van der Waals surface area (Å²) in [5, 5.41) is 17.4. The largest absolute Gasteiger partial charge is 0.319 e. The van der Waals surface area contributed by atoms with Gasteiger partial charge in [-0.05, 0) is 28.9 Å². The molecule has 104 valence electrons. The van der Waals surface area contributed by atoms with Gasteiger partial charge in [0.25, 0.3) is 11.6 Å². The summed E-state index contributed by atoms with van der Waals surface area (Å²) in [4.78, 5) is 22.3. The topological polar surface area (TPSA) is 90.1 Å². The van der Waals surface area contributed by atoms with Gasteiger partial charge in [-0.2, -0.15) is 5.10 Å². The van der Waals surface area contributed by atoms with Crippen molar-refractivity contribution >= 4 is 33.2 Å². The number of hydrogen-bond donors (Lipinski definition) is 1. The Morgan fingerprint density at radius 1 is 1.55 bits per heavy atom. The van der Waals surface area contributed by atoms with E-state index >= 15 is 0 Å². The molecular formula is C12H11BrN4O3. The van der Waals surface area contributed by atoms with E-state index in [4.69, 9.17) is 0 Å². The lowest BCUT2D eigenvalue weighted by Crippen LogP contribution is -2.12. The van der Waals surface area contributed by atoms with Crippen LogP contribution in [-0.2, 0) is 6.54 Å². The Labute approximate surface area is 122 Å². The molecule has 1 aromatic heterocycles. The number of anilines is 1. The maximum atomic E-state index is 12.1. The van der Waals surface area contributed by atoms with Crippen LogP contribution in [0.25, 0.3) is 0 Å². The fraction of sp³-hybridized carbons (Fsp3) is 0.167. The average Bonchev–Trinajstić information content (AvgIpc) is 2.86. The summed E-state index contributed by atoms with van der Waals surface area (Å²) < 4.78 is 2.15. The second-order valence-electron chi connectivity index (χ2n) is 3.96. The third-order valence-corrected chi connectivity index (χ3v) is 3.31. The SMILES string of the molecule is CCn1cc(NC(=O)c2cc([N+](=O)[O-])ccc2Br)cn1. The molecule has 0 saturated heterocycles. The summed E-state index contributed by atoms with van der Waals surface area (Å²) in [7, 11) is 0. The maximum Gasteiger partial charge on any atom is 0.270 e. The molecular weight excluding hydrogens is 328 g/mol. The van der Waals surface area contributed by atoms with Crippen LogP contribution >= 0.6 is 15.9 Å². The second kappa shape index (κ2) is 5.83. The Kier molecular flexibility index (Phi) is 4.14. The molecule has 0 aliphatic rings. The quantitative estimate of drug-likeness (QED) is 0.685. The van der Waals surface area contributed by atoms with Gasteiger partial charge in [-0.3, -0.25) is 19.6 Å². The van der Waals surface area contributed by atoms with E-state index in [1.807, 2.05) is 6.92 Å². The lowest BCUT2D eigenvalue weighted by molar-refractivity contribution is -0.384. The number of nitro benzene ring substituents is 1. The Morgan fingerprint density at radius 3 is 2.90 bits per heavy atom. The average molecular weight is 339 g/mol. The van der Waals surface area contributed by atoms with E-state index in [-0.39, 0.29) is 11.3 Å². The number of nitrogens with zero attached hydrogens (tertiary/aromatic N) is 3. The maximum absolute atomic E-state index is 12.1. The highest BCUT2D eigenvalue weighted by molar-refractivity contribution is 9.10. The molecule has 1 N–H and O–H groups in total. The molecule has 0 aliphatic heterocycles. The second-order valence-corrected chi connectivity index (χ2v) is 4.81. The first-order valence-electron chi connectivity index (χ1n) is 5.79. The number of rotatable bonds is 4. The zero-order chi connectivity index (χ0) is 14.7. The minimum atomic E-state index is -0.543. The fourth-order valence-electron chi connectivity index (χ4n) is 1.60. The van der Waals surface area contributed by atoms with E-state index < -0.39 is 10.8 Å². The number of hydrogen-bond acceptors (Lipinski definition) is 4. The first-order valence-corrected chi connectivity index (χ1v) is 6.58. The summed E-state index contributed by atoms with van der Waals surface area (Å²) in [5.41, 5.74) is 0.598. The van der Waals surface area contributed by atoms with E-state index in [0.29, 0.717) is 16.7 Å². The van der Waals surface area contributed by atoms with Crippen LogP contribution in [-0.4, -0.2) is 20.6 Å². The van der Waals surface area contributed by atoms with E-state index in [9.17, 15) is 14.9 Å². The highest BCUT2D eigenvalue weighted by Crippen LogP contribution is 2.23. The molecule has 20 heavy (non-hydrogen) atoms. The van der Waals surface area contributed by atoms with Crippen LogP contribution in [0, 0.1) is 10.1 Å². The predicted octanol–water partition coefficient (Wildman–Crippen LogP) is 2.83. The molecule has 0 saturated carbocycles. The Morgan fingerprint density at radius 2 is 2.30 bits per heavy atom. The van der Waals surface area contributed by atoms with Crippen molar-refractivity contribution in [1.29, 1.82) is 0 Å². The van der Waals surface area contributed by atoms with Gasteiger partial charge in [-0.1, -0.05) is 0 Å². The fourth-order valence-corrected chi connectivity index (χ4v) is 2.03. The number of aryl methyl sites for hydroxylation is 1. The summed E-state index contributed by atoms with van der Waals surface area (Å²) in [6.45, 7) is 2.62. The molecule has 8 heteroatoms. The molecule has 0 spiro atoms. The lowest BCUT2D eigenvalue weighted by Gasteiger charge is -2.04. The number of amides is 1. The predicted molar refractivity (Wildman–Crippen MR) is 76.7 cm³/mol. The molecule has 0 bridgehead atoms. The summed E-state index contributed by atoms with van der Waals surface area (Å²) in [5.74, 6) is -0.434. The van der Waals surface area contributed by atoms with Crippen molar-refractivity contribution in [2.24, 2.45) is 0 Å². The number of carbonyl (C=O) groups excluding carboxylic acids is 1. The number of benzene rings is 1.